The fourth-order valence-corrected chi connectivity index (χ4v) is 4.62. The third-order valence-corrected chi connectivity index (χ3v) is 6.42. The number of piperidine rings is 1. The molecule has 1 amide bonds. The molecule has 1 fully saturated rings. The molecule has 1 unspecified atom stereocenters. The summed E-state index contributed by atoms with van der Waals surface area (Å²) in [5.74, 6) is 0.0704. The summed E-state index contributed by atoms with van der Waals surface area (Å²) in [6.07, 6.45) is 9.74. The van der Waals surface area contributed by atoms with E-state index >= 15 is 0 Å². The Morgan fingerprint density at radius 3 is 2.85 bits per heavy atom. The number of benzene rings is 1. The van der Waals surface area contributed by atoms with Gasteiger partial charge in [-0.05, 0) is 50.4 Å². The maximum Gasteiger partial charge on any atom is 0.254 e. The molecule has 1 aliphatic rings. The second kappa shape index (κ2) is 10.1. The summed E-state index contributed by atoms with van der Waals surface area (Å²) in [4.78, 5) is 25.0. The molecule has 1 aliphatic heterocycles. The lowest BCUT2D eigenvalue weighted by atomic mass is 10.0. The number of carbonyl (C=O) groups is 1. The van der Waals surface area contributed by atoms with Gasteiger partial charge in [0.05, 0.1) is 23.1 Å². The quantitative estimate of drug-likeness (QED) is 0.418. The molecule has 1 aromatic carbocycles. The van der Waals surface area contributed by atoms with Crippen molar-refractivity contribution in [3.63, 3.8) is 0 Å². The van der Waals surface area contributed by atoms with E-state index in [1.807, 2.05) is 59.6 Å². The van der Waals surface area contributed by atoms with E-state index in [2.05, 4.69) is 22.3 Å². The van der Waals surface area contributed by atoms with Crippen molar-refractivity contribution in [3.8, 4) is 22.5 Å². The number of likely N-dealkylation sites (tertiary alicyclic amines) is 1. The van der Waals surface area contributed by atoms with Crippen LogP contribution in [0.2, 0.25) is 0 Å². The summed E-state index contributed by atoms with van der Waals surface area (Å²) in [5, 5.41) is 7.95. The van der Waals surface area contributed by atoms with Gasteiger partial charge < -0.3 is 10.2 Å². The molecule has 0 saturated carbocycles. The van der Waals surface area contributed by atoms with E-state index in [0.717, 1.165) is 61.4 Å². The molecule has 3 aromatic heterocycles. The monoisotopic (exact) mass is 454 g/mol. The van der Waals surface area contributed by atoms with E-state index in [1.54, 1.807) is 16.9 Å². The predicted molar refractivity (Wildman–Crippen MR) is 133 cm³/mol. The largest absolute Gasteiger partial charge is 0.334 e. The van der Waals surface area contributed by atoms with Crippen LogP contribution in [0.1, 0.15) is 43.0 Å². The third-order valence-electron chi connectivity index (χ3n) is 6.42. The van der Waals surface area contributed by atoms with Crippen molar-refractivity contribution in [1.29, 1.82) is 0 Å². The minimum atomic E-state index is 0.0704. The Kier molecular flexibility index (Phi) is 6.62. The molecular weight excluding hydrogens is 424 g/mol. The molecule has 0 radical (unpaired) electrons. The summed E-state index contributed by atoms with van der Waals surface area (Å²) < 4.78 is 1.75. The molecule has 0 aliphatic carbocycles. The minimum Gasteiger partial charge on any atom is -0.334 e. The first-order chi connectivity index (χ1) is 16.7. The fraction of sp³-hybridized carbons (Fsp3) is 0.333. The number of pyridine rings is 1. The lowest BCUT2D eigenvalue weighted by Gasteiger charge is -2.36. The molecule has 5 rings (SSSR count). The van der Waals surface area contributed by atoms with Crippen LogP contribution in [0.3, 0.4) is 0 Å². The number of amides is 1. The molecule has 1 N–H and O–H groups in total. The van der Waals surface area contributed by atoms with Crippen LogP contribution < -0.4 is 5.32 Å². The number of hydrogen-bond donors (Lipinski definition) is 1. The van der Waals surface area contributed by atoms with Crippen molar-refractivity contribution in [3.05, 3.63) is 72.7 Å². The summed E-state index contributed by atoms with van der Waals surface area (Å²) >= 11 is 0. The average Bonchev–Trinajstić information content (AvgIpc) is 3.33. The van der Waals surface area contributed by atoms with E-state index in [4.69, 9.17) is 4.98 Å². The summed E-state index contributed by atoms with van der Waals surface area (Å²) in [7, 11) is 0. The molecule has 7 heteroatoms. The highest BCUT2D eigenvalue weighted by molar-refractivity contribution is 5.96. The molecule has 1 atom stereocenters. The number of carbonyl (C=O) groups excluding carboxylic acids is 1. The number of nitrogens with zero attached hydrogens (tertiary/aromatic N) is 5. The standard InChI is InChI=1S/C27H30N6O/c1-2-13-28-18-22-10-6-7-15-32(22)27(34)21-11-14-29-25(17-21)23-19-30-33-16-12-24(31-26(23)33)20-8-4-3-5-9-20/h3-5,8-9,11-12,14,16-17,19,22,28H,2,6-7,10,13,15,18H2,1H3. The molecule has 4 aromatic rings. The van der Waals surface area contributed by atoms with Gasteiger partial charge in [0.1, 0.15) is 0 Å². The lowest BCUT2D eigenvalue weighted by molar-refractivity contribution is 0.0612. The molecule has 174 valence electrons. The van der Waals surface area contributed by atoms with E-state index in [-0.39, 0.29) is 11.9 Å². The van der Waals surface area contributed by atoms with Crippen LogP contribution in [0.25, 0.3) is 28.2 Å². The summed E-state index contributed by atoms with van der Waals surface area (Å²) in [5.41, 5.74) is 4.81. The number of rotatable bonds is 7. The topological polar surface area (TPSA) is 75.4 Å². The minimum absolute atomic E-state index is 0.0704. The zero-order chi connectivity index (χ0) is 23.3. The van der Waals surface area contributed by atoms with Crippen LogP contribution in [-0.2, 0) is 0 Å². The van der Waals surface area contributed by atoms with Gasteiger partial charge in [0.25, 0.3) is 5.91 Å². The number of nitrogens with one attached hydrogen (secondary N) is 1. The summed E-state index contributed by atoms with van der Waals surface area (Å²) in [6.45, 7) is 4.78. The van der Waals surface area contributed by atoms with E-state index in [1.165, 1.54) is 6.42 Å². The Balaban J connectivity index is 1.44. The maximum absolute atomic E-state index is 13.5. The first kappa shape index (κ1) is 22.2. The van der Waals surface area contributed by atoms with Crippen LogP contribution in [-0.4, -0.2) is 56.1 Å². The SMILES string of the molecule is CCCNCC1CCCCN1C(=O)c1ccnc(-c2cnn3ccc(-c4ccccc4)nc23)c1. The Morgan fingerprint density at radius 2 is 2.00 bits per heavy atom. The van der Waals surface area contributed by atoms with Crippen molar-refractivity contribution >= 4 is 11.6 Å². The molecule has 4 heterocycles. The Hall–Kier alpha value is -3.58. The van der Waals surface area contributed by atoms with E-state index < -0.39 is 0 Å². The highest BCUT2D eigenvalue weighted by Gasteiger charge is 2.27. The Bertz CT molecular complexity index is 1270. The van der Waals surface area contributed by atoms with Crippen LogP contribution in [0.15, 0.2) is 67.1 Å². The van der Waals surface area contributed by atoms with Crippen molar-refractivity contribution < 1.29 is 4.79 Å². The van der Waals surface area contributed by atoms with Gasteiger partial charge >= 0.3 is 0 Å². The second-order valence-corrected chi connectivity index (χ2v) is 8.79. The van der Waals surface area contributed by atoms with Gasteiger partial charge in [-0.15, -0.1) is 0 Å². The van der Waals surface area contributed by atoms with Crippen molar-refractivity contribution in [2.75, 3.05) is 19.6 Å². The van der Waals surface area contributed by atoms with Crippen molar-refractivity contribution in [1.82, 2.24) is 29.8 Å². The number of hydrogen-bond acceptors (Lipinski definition) is 5. The molecular formula is C27H30N6O. The van der Waals surface area contributed by atoms with Gasteiger partial charge in [0.2, 0.25) is 0 Å². The van der Waals surface area contributed by atoms with Gasteiger partial charge in [0.15, 0.2) is 5.65 Å². The first-order valence-corrected chi connectivity index (χ1v) is 12.1. The molecule has 1 saturated heterocycles. The van der Waals surface area contributed by atoms with Gasteiger partial charge in [0, 0.05) is 42.7 Å². The fourth-order valence-electron chi connectivity index (χ4n) is 4.62. The van der Waals surface area contributed by atoms with Gasteiger partial charge in [-0.1, -0.05) is 37.3 Å². The normalized spacial score (nSPS) is 16.1. The lowest BCUT2D eigenvalue weighted by Crippen LogP contribution is -2.48. The average molecular weight is 455 g/mol. The van der Waals surface area contributed by atoms with E-state index in [9.17, 15) is 4.79 Å². The third kappa shape index (κ3) is 4.56. The van der Waals surface area contributed by atoms with Crippen LogP contribution in [0.5, 0.6) is 0 Å². The van der Waals surface area contributed by atoms with Crippen molar-refractivity contribution in [2.24, 2.45) is 0 Å². The molecule has 7 nitrogen and oxygen atoms in total. The van der Waals surface area contributed by atoms with Gasteiger partial charge in [-0.2, -0.15) is 5.10 Å². The molecule has 0 bridgehead atoms. The van der Waals surface area contributed by atoms with Gasteiger partial charge in [-0.3, -0.25) is 9.78 Å². The van der Waals surface area contributed by atoms with Crippen LogP contribution in [0, 0.1) is 0 Å². The predicted octanol–water partition coefficient (Wildman–Crippen LogP) is 4.45. The highest BCUT2D eigenvalue weighted by atomic mass is 16.2. The first-order valence-electron chi connectivity index (χ1n) is 12.1. The van der Waals surface area contributed by atoms with Crippen LogP contribution in [0.4, 0.5) is 0 Å². The van der Waals surface area contributed by atoms with E-state index in [0.29, 0.717) is 11.3 Å². The van der Waals surface area contributed by atoms with Gasteiger partial charge in [-0.25, -0.2) is 9.50 Å². The Morgan fingerprint density at radius 1 is 1.12 bits per heavy atom. The highest BCUT2D eigenvalue weighted by Crippen LogP contribution is 2.26. The number of aromatic nitrogens is 4. The number of fused-ring (bicyclic) bond motifs is 1. The second-order valence-electron chi connectivity index (χ2n) is 8.79. The smallest absolute Gasteiger partial charge is 0.254 e. The van der Waals surface area contributed by atoms with Crippen molar-refractivity contribution in [2.45, 2.75) is 38.6 Å². The zero-order valence-electron chi connectivity index (χ0n) is 19.5. The Labute approximate surface area is 199 Å². The molecule has 0 spiro atoms. The molecule has 34 heavy (non-hydrogen) atoms. The van der Waals surface area contributed by atoms with Crippen LogP contribution >= 0.6 is 0 Å². The maximum atomic E-state index is 13.5. The zero-order valence-corrected chi connectivity index (χ0v) is 19.5. The summed E-state index contributed by atoms with van der Waals surface area (Å²) in [6, 6.07) is 15.9.